The van der Waals surface area contributed by atoms with Crippen molar-refractivity contribution in [3.05, 3.63) is 47.0 Å². The summed E-state index contributed by atoms with van der Waals surface area (Å²) < 4.78 is 10.1. The fourth-order valence-corrected chi connectivity index (χ4v) is 2.29. The summed E-state index contributed by atoms with van der Waals surface area (Å²) in [5.74, 6) is -0.149. The summed E-state index contributed by atoms with van der Waals surface area (Å²) in [6.07, 6.45) is -0.000961. The second-order valence-corrected chi connectivity index (χ2v) is 4.96. The number of aliphatic hydroxyl groups is 1. The van der Waals surface area contributed by atoms with Crippen molar-refractivity contribution in [2.75, 3.05) is 14.2 Å². The minimum Gasteiger partial charge on any atom is -0.507 e. The van der Waals surface area contributed by atoms with Crippen molar-refractivity contribution < 1.29 is 29.6 Å². The largest absolute Gasteiger partial charge is 0.507 e. The summed E-state index contributed by atoms with van der Waals surface area (Å²) in [5, 5.41) is 28.8. The molecule has 0 radical (unpaired) electrons. The highest BCUT2D eigenvalue weighted by atomic mass is 16.5. The number of aromatic hydroxyl groups is 2. The van der Waals surface area contributed by atoms with Gasteiger partial charge in [-0.15, -0.1) is 0 Å². The SMILES string of the molecule is COc1cc(CC(=O)c2c(O)cc(CO)cc2OC)ccc1O. The minimum atomic E-state index is -0.350. The standard InChI is InChI=1S/C17H18O6/c1-22-15-7-10(3-4-12(15)19)5-13(20)17-14(21)6-11(9-18)8-16(17)23-2/h3-4,6-8,18-19,21H,5,9H2,1-2H3. The molecule has 0 spiro atoms. The van der Waals surface area contributed by atoms with Crippen LogP contribution in [0.2, 0.25) is 0 Å². The first-order valence-electron chi connectivity index (χ1n) is 6.90. The number of methoxy groups -OCH3 is 2. The lowest BCUT2D eigenvalue weighted by Gasteiger charge is -2.12. The van der Waals surface area contributed by atoms with Crippen LogP contribution in [0.4, 0.5) is 0 Å². The van der Waals surface area contributed by atoms with Gasteiger partial charge in [0.25, 0.3) is 0 Å². The van der Waals surface area contributed by atoms with Gasteiger partial charge in [-0.1, -0.05) is 6.07 Å². The van der Waals surface area contributed by atoms with Crippen molar-refractivity contribution >= 4 is 5.78 Å². The molecule has 23 heavy (non-hydrogen) atoms. The molecule has 0 amide bonds. The van der Waals surface area contributed by atoms with Crippen LogP contribution in [0.25, 0.3) is 0 Å². The lowest BCUT2D eigenvalue weighted by molar-refractivity contribution is 0.0987. The van der Waals surface area contributed by atoms with Crippen LogP contribution in [0.15, 0.2) is 30.3 Å². The van der Waals surface area contributed by atoms with Crippen LogP contribution >= 0.6 is 0 Å². The van der Waals surface area contributed by atoms with E-state index in [0.29, 0.717) is 11.1 Å². The molecule has 0 unspecified atom stereocenters. The predicted molar refractivity (Wildman–Crippen MR) is 83.3 cm³/mol. The van der Waals surface area contributed by atoms with Gasteiger partial charge in [-0.2, -0.15) is 0 Å². The number of hydrogen-bond acceptors (Lipinski definition) is 6. The highest BCUT2D eigenvalue weighted by Crippen LogP contribution is 2.32. The minimum absolute atomic E-state index is 0.000961. The molecule has 0 atom stereocenters. The monoisotopic (exact) mass is 318 g/mol. The molecule has 2 rings (SSSR count). The van der Waals surface area contributed by atoms with Crippen LogP contribution < -0.4 is 9.47 Å². The molecule has 0 aliphatic carbocycles. The van der Waals surface area contributed by atoms with Crippen molar-refractivity contribution in [1.82, 2.24) is 0 Å². The van der Waals surface area contributed by atoms with Crippen LogP contribution in [-0.2, 0) is 13.0 Å². The zero-order valence-corrected chi connectivity index (χ0v) is 12.9. The second kappa shape index (κ2) is 7.02. The Balaban J connectivity index is 2.34. The summed E-state index contributed by atoms with van der Waals surface area (Å²) in [4.78, 5) is 12.5. The third kappa shape index (κ3) is 3.54. The number of hydrogen-bond donors (Lipinski definition) is 3. The Morgan fingerprint density at radius 1 is 0.957 bits per heavy atom. The van der Waals surface area contributed by atoms with Crippen LogP contribution in [0, 0.1) is 0 Å². The summed E-state index contributed by atoms with van der Waals surface area (Å²) in [6, 6.07) is 7.42. The van der Waals surface area contributed by atoms with Gasteiger partial charge in [-0.25, -0.2) is 0 Å². The molecule has 0 bridgehead atoms. The Kier molecular flexibility index (Phi) is 5.08. The van der Waals surface area contributed by atoms with Crippen molar-refractivity contribution in [1.29, 1.82) is 0 Å². The maximum Gasteiger partial charge on any atom is 0.174 e. The summed E-state index contributed by atoms with van der Waals surface area (Å²) in [5.41, 5.74) is 1.12. The predicted octanol–water partition coefficient (Wildman–Crippen LogP) is 2.03. The summed E-state index contributed by atoms with van der Waals surface area (Å²) >= 11 is 0. The molecule has 0 saturated carbocycles. The van der Waals surface area contributed by atoms with Crippen molar-refractivity contribution in [3.8, 4) is 23.0 Å². The van der Waals surface area contributed by atoms with Gasteiger partial charge in [-0.05, 0) is 35.4 Å². The van der Waals surface area contributed by atoms with Crippen LogP contribution in [-0.4, -0.2) is 35.3 Å². The molecule has 0 fully saturated rings. The Morgan fingerprint density at radius 2 is 1.61 bits per heavy atom. The number of ketones is 1. The zero-order valence-electron chi connectivity index (χ0n) is 12.9. The van der Waals surface area contributed by atoms with E-state index >= 15 is 0 Å². The first-order chi connectivity index (χ1) is 11.0. The average molecular weight is 318 g/mol. The van der Waals surface area contributed by atoms with Crippen LogP contribution in [0.5, 0.6) is 23.0 Å². The van der Waals surface area contributed by atoms with E-state index in [1.165, 1.54) is 32.4 Å². The molecule has 6 heteroatoms. The van der Waals surface area contributed by atoms with E-state index in [9.17, 15) is 15.0 Å². The third-order valence-electron chi connectivity index (χ3n) is 3.43. The number of phenols is 2. The van der Waals surface area contributed by atoms with Crippen molar-refractivity contribution in [3.63, 3.8) is 0 Å². The Bertz CT molecular complexity index is 723. The molecule has 0 heterocycles. The van der Waals surface area contributed by atoms with E-state index in [4.69, 9.17) is 14.6 Å². The maximum atomic E-state index is 12.5. The van der Waals surface area contributed by atoms with Crippen LogP contribution in [0.3, 0.4) is 0 Å². The number of aliphatic hydroxyl groups excluding tert-OH is 1. The Hall–Kier alpha value is -2.73. The quantitative estimate of drug-likeness (QED) is 0.705. The van der Waals surface area contributed by atoms with Gasteiger partial charge < -0.3 is 24.8 Å². The lowest BCUT2D eigenvalue weighted by Crippen LogP contribution is -2.07. The highest BCUT2D eigenvalue weighted by Gasteiger charge is 2.19. The van der Waals surface area contributed by atoms with E-state index in [-0.39, 0.29) is 47.4 Å². The first-order valence-corrected chi connectivity index (χ1v) is 6.90. The number of rotatable bonds is 6. The molecular weight excluding hydrogens is 300 g/mol. The topological polar surface area (TPSA) is 96.2 Å². The lowest BCUT2D eigenvalue weighted by atomic mass is 9.99. The molecule has 0 saturated heterocycles. The van der Waals surface area contributed by atoms with Gasteiger partial charge in [-0.3, -0.25) is 4.79 Å². The van der Waals surface area contributed by atoms with E-state index in [2.05, 4.69) is 0 Å². The molecule has 0 aliphatic heterocycles. The first kappa shape index (κ1) is 16.6. The fourth-order valence-electron chi connectivity index (χ4n) is 2.29. The van der Waals surface area contributed by atoms with Crippen molar-refractivity contribution in [2.24, 2.45) is 0 Å². The van der Waals surface area contributed by atoms with Crippen molar-refractivity contribution in [2.45, 2.75) is 13.0 Å². The van der Waals surface area contributed by atoms with Gasteiger partial charge in [0.05, 0.1) is 20.8 Å². The second-order valence-electron chi connectivity index (χ2n) is 4.96. The number of Topliss-reactive ketones (excluding diaryl/α,β-unsaturated/α-hetero) is 1. The van der Waals surface area contributed by atoms with Gasteiger partial charge in [0.2, 0.25) is 0 Å². The molecule has 0 aliphatic rings. The number of benzene rings is 2. The van der Waals surface area contributed by atoms with Gasteiger partial charge in [0.1, 0.15) is 17.1 Å². The van der Waals surface area contributed by atoms with Gasteiger partial charge >= 0.3 is 0 Å². The fraction of sp³-hybridized carbons (Fsp3) is 0.235. The molecule has 3 N–H and O–H groups in total. The Morgan fingerprint density at radius 3 is 2.22 bits per heavy atom. The molecule has 6 nitrogen and oxygen atoms in total. The number of phenolic OH excluding ortho intramolecular Hbond substituents is 2. The zero-order chi connectivity index (χ0) is 17.0. The molecular formula is C17H18O6. The van der Waals surface area contributed by atoms with E-state index in [1.54, 1.807) is 12.1 Å². The highest BCUT2D eigenvalue weighted by molar-refractivity contribution is 6.02. The molecule has 122 valence electrons. The van der Waals surface area contributed by atoms with E-state index < -0.39 is 0 Å². The smallest absolute Gasteiger partial charge is 0.174 e. The van der Waals surface area contributed by atoms with E-state index in [1.807, 2.05) is 0 Å². The number of ether oxygens (including phenoxy) is 2. The van der Waals surface area contributed by atoms with E-state index in [0.717, 1.165) is 0 Å². The van der Waals surface area contributed by atoms with Crippen LogP contribution in [0.1, 0.15) is 21.5 Å². The summed E-state index contributed by atoms with van der Waals surface area (Å²) in [7, 11) is 2.80. The number of carbonyl (C=O) groups is 1. The normalized spacial score (nSPS) is 10.4. The molecule has 2 aromatic rings. The van der Waals surface area contributed by atoms with Gasteiger partial charge in [0, 0.05) is 6.42 Å². The average Bonchev–Trinajstić information content (AvgIpc) is 2.55. The molecule has 2 aromatic carbocycles. The van der Waals surface area contributed by atoms with Gasteiger partial charge in [0.15, 0.2) is 17.3 Å². The third-order valence-corrected chi connectivity index (χ3v) is 3.43. The molecule has 0 aromatic heterocycles. The Labute approximate surface area is 133 Å². The summed E-state index contributed by atoms with van der Waals surface area (Å²) in [6.45, 7) is -0.270. The number of carbonyl (C=O) groups excluding carboxylic acids is 1. The maximum absolute atomic E-state index is 12.5.